The molecule has 0 radical (unpaired) electrons. The largest absolute Gasteiger partial charge is 0.427 e. The zero-order valence-corrected chi connectivity index (χ0v) is 9.73. The van der Waals surface area contributed by atoms with Crippen molar-refractivity contribution in [1.29, 1.82) is 5.26 Å². The van der Waals surface area contributed by atoms with E-state index >= 15 is 0 Å². The summed E-state index contributed by atoms with van der Waals surface area (Å²) in [6.07, 6.45) is 0. The fourth-order valence-corrected chi connectivity index (χ4v) is 1.83. The minimum atomic E-state index is -3.93. The van der Waals surface area contributed by atoms with E-state index in [4.69, 9.17) is 10.00 Å². The van der Waals surface area contributed by atoms with Gasteiger partial charge in [0.15, 0.2) is 6.61 Å². The SMILES string of the molecule is CC(=O)Oc1ccc(S(=O)(=O)OCC#N)cc1. The van der Waals surface area contributed by atoms with Crippen LogP contribution in [0.1, 0.15) is 6.92 Å². The van der Waals surface area contributed by atoms with Crippen LogP contribution in [-0.2, 0) is 19.1 Å². The molecule has 90 valence electrons. The Morgan fingerprint density at radius 1 is 1.35 bits per heavy atom. The molecule has 0 fully saturated rings. The van der Waals surface area contributed by atoms with Gasteiger partial charge in [0, 0.05) is 6.92 Å². The summed E-state index contributed by atoms with van der Waals surface area (Å²) in [5, 5.41) is 8.22. The number of nitrogens with zero attached hydrogens (tertiary/aromatic N) is 1. The van der Waals surface area contributed by atoms with E-state index < -0.39 is 22.7 Å². The molecule has 0 aliphatic heterocycles. The maximum absolute atomic E-state index is 11.4. The molecular weight excluding hydrogens is 246 g/mol. The summed E-state index contributed by atoms with van der Waals surface area (Å²) < 4.78 is 32.0. The number of nitriles is 1. The van der Waals surface area contributed by atoms with Gasteiger partial charge in [0.05, 0.1) is 11.0 Å². The number of rotatable bonds is 4. The summed E-state index contributed by atoms with van der Waals surface area (Å²) in [7, 11) is -3.93. The molecule has 1 aromatic rings. The van der Waals surface area contributed by atoms with Crippen LogP contribution in [0.4, 0.5) is 0 Å². The quantitative estimate of drug-likeness (QED) is 0.449. The third-order valence-electron chi connectivity index (χ3n) is 1.65. The molecule has 0 saturated heterocycles. The lowest BCUT2D eigenvalue weighted by molar-refractivity contribution is -0.131. The van der Waals surface area contributed by atoms with Gasteiger partial charge in [0.25, 0.3) is 10.1 Å². The van der Waals surface area contributed by atoms with Gasteiger partial charge in [-0.2, -0.15) is 13.7 Å². The van der Waals surface area contributed by atoms with Crippen LogP contribution in [0.5, 0.6) is 5.75 Å². The Hall–Kier alpha value is -1.91. The van der Waals surface area contributed by atoms with Crippen molar-refractivity contribution in [1.82, 2.24) is 0 Å². The molecule has 0 heterocycles. The first-order chi connectivity index (χ1) is 7.95. The maximum Gasteiger partial charge on any atom is 0.308 e. The van der Waals surface area contributed by atoms with E-state index in [1.807, 2.05) is 0 Å². The van der Waals surface area contributed by atoms with E-state index in [0.717, 1.165) is 0 Å². The average molecular weight is 255 g/mol. The fraction of sp³-hybridized carbons (Fsp3) is 0.200. The molecule has 1 aromatic carbocycles. The first kappa shape index (κ1) is 13.2. The van der Waals surface area contributed by atoms with Crippen molar-refractivity contribution in [3.8, 4) is 11.8 Å². The third kappa shape index (κ3) is 3.86. The first-order valence-corrected chi connectivity index (χ1v) is 5.91. The minimum absolute atomic E-state index is 0.108. The molecule has 0 N–H and O–H groups in total. The Labute approximate surface area is 98.5 Å². The van der Waals surface area contributed by atoms with E-state index in [1.165, 1.54) is 31.2 Å². The Morgan fingerprint density at radius 3 is 2.41 bits per heavy atom. The molecule has 0 unspecified atom stereocenters. The van der Waals surface area contributed by atoms with Gasteiger partial charge in [-0.3, -0.25) is 8.98 Å². The molecule has 0 spiro atoms. The Balaban J connectivity index is 2.88. The molecule has 0 bridgehead atoms. The number of hydrogen-bond acceptors (Lipinski definition) is 6. The van der Waals surface area contributed by atoms with Crippen molar-refractivity contribution in [2.45, 2.75) is 11.8 Å². The number of hydrogen-bond donors (Lipinski definition) is 0. The lowest BCUT2D eigenvalue weighted by atomic mass is 10.3. The van der Waals surface area contributed by atoms with Crippen LogP contribution in [0.25, 0.3) is 0 Å². The summed E-state index contributed by atoms with van der Waals surface area (Å²) in [5.74, 6) is -0.266. The van der Waals surface area contributed by atoms with Gasteiger partial charge in [-0.05, 0) is 24.3 Å². The highest BCUT2D eigenvalue weighted by Gasteiger charge is 2.14. The smallest absolute Gasteiger partial charge is 0.308 e. The van der Waals surface area contributed by atoms with Crippen molar-refractivity contribution in [3.63, 3.8) is 0 Å². The lowest BCUT2D eigenvalue weighted by Gasteiger charge is -2.04. The van der Waals surface area contributed by atoms with Gasteiger partial charge in [-0.1, -0.05) is 0 Å². The van der Waals surface area contributed by atoms with Crippen LogP contribution in [0.15, 0.2) is 29.2 Å². The maximum atomic E-state index is 11.4. The summed E-state index contributed by atoms with van der Waals surface area (Å²) in [4.78, 5) is 10.5. The van der Waals surface area contributed by atoms with Crippen molar-refractivity contribution in [3.05, 3.63) is 24.3 Å². The Kier molecular flexibility index (Phi) is 4.20. The molecule has 1 rings (SSSR count). The van der Waals surface area contributed by atoms with Gasteiger partial charge < -0.3 is 4.74 Å². The van der Waals surface area contributed by atoms with Crippen LogP contribution in [-0.4, -0.2) is 21.0 Å². The molecule has 0 aromatic heterocycles. The van der Waals surface area contributed by atoms with E-state index in [9.17, 15) is 13.2 Å². The highest BCUT2D eigenvalue weighted by Crippen LogP contribution is 2.17. The second kappa shape index (κ2) is 5.43. The average Bonchev–Trinajstić information content (AvgIpc) is 2.26. The number of esters is 1. The molecular formula is C10H9NO5S. The normalized spacial score (nSPS) is 10.6. The summed E-state index contributed by atoms with van der Waals surface area (Å²) in [6.45, 7) is 0.689. The minimum Gasteiger partial charge on any atom is -0.427 e. The molecule has 0 aliphatic rings. The highest BCUT2D eigenvalue weighted by molar-refractivity contribution is 7.86. The number of carbonyl (C=O) groups is 1. The lowest BCUT2D eigenvalue weighted by Crippen LogP contribution is -2.07. The molecule has 6 nitrogen and oxygen atoms in total. The summed E-state index contributed by atoms with van der Waals surface area (Å²) in [6, 6.07) is 6.66. The zero-order valence-electron chi connectivity index (χ0n) is 8.91. The predicted octanol–water partition coefficient (Wildman–Crippen LogP) is 0.841. The van der Waals surface area contributed by atoms with Crippen molar-refractivity contribution >= 4 is 16.1 Å². The third-order valence-corrected chi connectivity index (χ3v) is 2.93. The number of carbonyl (C=O) groups excluding carboxylic acids is 1. The van der Waals surface area contributed by atoms with E-state index in [0.29, 0.717) is 0 Å². The second-order valence-corrected chi connectivity index (χ2v) is 4.55. The Morgan fingerprint density at radius 2 is 1.94 bits per heavy atom. The van der Waals surface area contributed by atoms with Gasteiger partial charge in [0.1, 0.15) is 5.75 Å². The van der Waals surface area contributed by atoms with Crippen molar-refractivity contribution < 1.29 is 22.1 Å². The monoisotopic (exact) mass is 255 g/mol. The molecule has 17 heavy (non-hydrogen) atoms. The number of ether oxygens (including phenoxy) is 1. The van der Waals surface area contributed by atoms with Gasteiger partial charge in [-0.25, -0.2) is 0 Å². The molecule has 0 saturated carbocycles. The predicted molar refractivity (Wildman–Crippen MR) is 56.5 cm³/mol. The fourth-order valence-electron chi connectivity index (χ4n) is 1.01. The van der Waals surface area contributed by atoms with Crippen molar-refractivity contribution in [2.24, 2.45) is 0 Å². The van der Waals surface area contributed by atoms with Crippen LogP contribution in [0, 0.1) is 11.3 Å². The van der Waals surface area contributed by atoms with E-state index in [2.05, 4.69) is 4.18 Å². The van der Waals surface area contributed by atoms with Crippen LogP contribution >= 0.6 is 0 Å². The first-order valence-electron chi connectivity index (χ1n) is 4.50. The molecule has 7 heteroatoms. The van der Waals surface area contributed by atoms with Gasteiger partial charge >= 0.3 is 5.97 Å². The Bertz CT molecular complexity index is 541. The molecule has 0 atom stereocenters. The number of benzene rings is 1. The van der Waals surface area contributed by atoms with E-state index in [1.54, 1.807) is 6.07 Å². The van der Waals surface area contributed by atoms with E-state index in [-0.39, 0.29) is 10.6 Å². The zero-order chi connectivity index (χ0) is 12.9. The second-order valence-electron chi connectivity index (χ2n) is 2.94. The highest BCUT2D eigenvalue weighted by atomic mass is 32.2. The van der Waals surface area contributed by atoms with Crippen LogP contribution in [0.3, 0.4) is 0 Å². The summed E-state index contributed by atoms with van der Waals surface area (Å²) in [5.41, 5.74) is 0. The summed E-state index contributed by atoms with van der Waals surface area (Å²) >= 11 is 0. The van der Waals surface area contributed by atoms with Crippen molar-refractivity contribution in [2.75, 3.05) is 6.61 Å². The van der Waals surface area contributed by atoms with Gasteiger partial charge in [-0.15, -0.1) is 0 Å². The van der Waals surface area contributed by atoms with Crippen LogP contribution < -0.4 is 4.74 Å². The van der Waals surface area contributed by atoms with Gasteiger partial charge in [0.2, 0.25) is 0 Å². The standard InChI is InChI=1S/C10H9NO5S/c1-8(12)16-9-2-4-10(5-3-9)17(13,14)15-7-6-11/h2-5H,7H2,1H3. The van der Waals surface area contributed by atoms with Crippen LogP contribution in [0.2, 0.25) is 0 Å². The molecule has 0 amide bonds. The molecule has 0 aliphatic carbocycles. The topological polar surface area (TPSA) is 93.5 Å².